The molecule has 4 nitrogen and oxygen atoms in total. The van der Waals surface area contributed by atoms with Crippen LogP contribution in [0.2, 0.25) is 0 Å². The molecule has 5 heteroatoms. The van der Waals surface area contributed by atoms with Crippen molar-refractivity contribution in [2.45, 2.75) is 5.60 Å². The quantitative estimate of drug-likeness (QED) is 0.829. The summed E-state index contributed by atoms with van der Waals surface area (Å²) < 4.78 is 14.3. The molecule has 0 spiro atoms. The number of para-hydroxylation sites is 1. The van der Waals surface area contributed by atoms with Crippen molar-refractivity contribution in [1.82, 2.24) is 0 Å². The van der Waals surface area contributed by atoms with Crippen LogP contribution in [0, 0.1) is 17.1 Å². The van der Waals surface area contributed by atoms with E-state index in [2.05, 4.69) is 5.32 Å². The molecule has 1 aliphatic rings. The molecule has 3 rings (SSSR count). The summed E-state index contributed by atoms with van der Waals surface area (Å²) in [7, 11) is 0. The molecule has 1 heterocycles. The number of rotatable bonds is 1. The van der Waals surface area contributed by atoms with Gasteiger partial charge in [-0.25, -0.2) is 4.39 Å². The monoisotopic (exact) mass is 268 g/mol. The van der Waals surface area contributed by atoms with Crippen LogP contribution in [0.4, 0.5) is 10.1 Å². The lowest BCUT2D eigenvalue weighted by molar-refractivity contribution is -0.129. The Morgan fingerprint density at radius 2 is 1.85 bits per heavy atom. The van der Waals surface area contributed by atoms with Gasteiger partial charge < -0.3 is 10.4 Å². The number of hydrogen-bond acceptors (Lipinski definition) is 3. The fourth-order valence-corrected chi connectivity index (χ4v) is 2.41. The summed E-state index contributed by atoms with van der Waals surface area (Å²) >= 11 is 0. The van der Waals surface area contributed by atoms with Crippen LogP contribution >= 0.6 is 0 Å². The summed E-state index contributed by atoms with van der Waals surface area (Å²) in [4.78, 5) is 12.1. The number of amides is 1. The van der Waals surface area contributed by atoms with Gasteiger partial charge in [-0.15, -0.1) is 0 Å². The van der Waals surface area contributed by atoms with E-state index in [1.54, 1.807) is 30.3 Å². The molecule has 1 aliphatic heterocycles. The first-order valence-corrected chi connectivity index (χ1v) is 5.91. The van der Waals surface area contributed by atoms with Gasteiger partial charge in [0.25, 0.3) is 5.91 Å². The molecule has 0 fully saturated rings. The summed E-state index contributed by atoms with van der Waals surface area (Å²) in [6, 6.07) is 12.2. The number of benzene rings is 2. The molecule has 2 aromatic rings. The van der Waals surface area contributed by atoms with E-state index in [0.717, 1.165) is 0 Å². The third-order valence-corrected chi connectivity index (χ3v) is 3.40. The lowest BCUT2D eigenvalue weighted by Crippen LogP contribution is -2.36. The highest BCUT2D eigenvalue weighted by atomic mass is 19.1. The van der Waals surface area contributed by atoms with E-state index in [4.69, 9.17) is 5.26 Å². The van der Waals surface area contributed by atoms with E-state index in [1.807, 2.05) is 0 Å². The normalized spacial score (nSPS) is 20.1. The Labute approximate surface area is 114 Å². The summed E-state index contributed by atoms with van der Waals surface area (Å²) in [6.45, 7) is 0. The minimum Gasteiger partial charge on any atom is -0.372 e. The van der Waals surface area contributed by atoms with Crippen molar-refractivity contribution < 1.29 is 14.3 Å². The Bertz CT molecular complexity index is 767. The molecular formula is C15H9FN2O2. The zero-order valence-corrected chi connectivity index (χ0v) is 10.2. The van der Waals surface area contributed by atoms with Gasteiger partial charge in [-0.3, -0.25) is 4.79 Å². The fourth-order valence-electron chi connectivity index (χ4n) is 2.41. The van der Waals surface area contributed by atoms with E-state index >= 15 is 0 Å². The number of nitrogens with one attached hydrogen (secondary N) is 1. The molecule has 0 aliphatic carbocycles. The third kappa shape index (κ3) is 1.46. The molecule has 2 N–H and O–H groups in total. The molecule has 0 radical (unpaired) electrons. The van der Waals surface area contributed by atoms with Crippen molar-refractivity contribution in [3.05, 3.63) is 65.0 Å². The maximum atomic E-state index is 14.3. The Morgan fingerprint density at radius 3 is 2.60 bits per heavy atom. The molecule has 1 amide bonds. The maximum Gasteiger partial charge on any atom is 0.265 e. The Hall–Kier alpha value is -2.71. The van der Waals surface area contributed by atoms with Gasteiger partial charge >= 0.3 is 0 Å². The molecule has 0 aromatic heterocycles. The number of anilines is 1. The second-order valence-corrected chi connectivity index (χ2v) is 4.49. The zero-order valence-electron chi connectivity index (χ0n) is 10.2. The Morgan fingerprint density at radius 1 is 1.15 bits per heavy atom. The van der Waals surface area contributed by atoms with Crippen LogP contribution in [0.15, 0.2) is 42.5 Å². The van der Waals surface area contributed by atoms with Crippen LogP contribution in [0.1, 0.15) is 16.7 Å². The van der Waals surface area contributed by atoms with Crippen molar-refractivity contribution in [2.24, 2.45) is 0 Å². The second kappa shape index (κ2) is 4.15. The highest BCUT2D eigenvalue weighted by molar-refractivity contribution is 6.07. The van der Waals surface area contributed by atoms with E-state index < -0.39 is 17.3 Å². The number of nitrogens with zero attached hydrogens (tertiary/aromatic N) is 1. The zero-order chi connectivity index (χ0) is 14.3. The largest absolute Gasteiger partial charge is 0.372 e. The van der Waals surface area contributed by atoms with Gasteiger partial charge in [0.2, 0.25) is 0 Å². The van der Waals surface area contributed by atoms with Gasteiger partial charge in [0.05, 0.1) is 5.56 Å². The van der Waals surface area contributed by atoms with E-state index in [0.29, 0.717) is 5.69 Å². The SMILES string of the molecule is N#Cc1cccc(C2(O)C(=O)Nc3ccccc32)c1F. The number of carbonyl (C=O) groups excluding carboxylic acids is 1. The summed E-state index contributed by atoms with van der Waals surface area (Å²) in [5, 5.41) is 22.1. The number of hydrogen-bond donors (Lipinski definition) is 2. The van der Waals surface area contributed by atoms with Gasteiger partial charge in [0, 0.05) is 16.8 Å². The molecule has 0 bridgehead atoms. The molecule has 1 atom stereocenters. The van der Waals surface area contributed by atoms with Crippen LogP contribution < -0.4 is 5.32 Å². The van der Waals surface area contributed by atoms with Gasteiger partial charge in [-0.1, -0.05) is 30.3 Å². The number of halogens is 1. The van der Waals surface area contributed by atoms with Crippen LogP contribution in [0.25, 0.3) is 0 Å². The molecule has 98 valence electrons. The molecule has 2 aromatic carbocycles. The van der Waals surface area contributed by atoms with Gasteiger partial charge in [-0.05, 0) is 12.1 Å². The predicted molar refractivity (Wildman–Crippen MR) is 69.2 cm³/mol. The summed E-state index contributed by atoms with van der Waals surface area (Å²) in [6.07, 6.45) is 0. The highest BCUT2D eigenvalue weighted by Gasteiger charge is 2.48. The van der Waals surface area contributed by atoms with E-state index in [1.165, 1.54) is 18.2 Å². The van der Waals surface area contributed by atoms with E-state index in [-0.39, 0.29) is 16.7 Å². The topological polar surface area (TPSA) is 73.1 Å². The Balaban J connectivity index is 2.29. The average molecular weight is 268 g/mol. The second-order valence-electron chi connectivity index (χ2n) is 4.49. The smallest absolute Gasteiger partial charge is 0.265 e. The van der Waals surface area contributed by atoms with Crippen LogP contribution in [0.5, 0.6) is 0 Å². The molecule has 0 saturated heterocycles. The first-order chi connectivity index (χ1) is 9.59. The summed E-state index contributed by atoms with van der Waals surface area (Å²) in [5.74, 6) is -1.61. The molecule has 0 saturated carbocycles. The lowest BCUT2D eigenvalue weighted by Gasteiger charge is -2.22. The van der Waals surface area contributed by atoms with Gasteiger partial charge in [-0.2, -0.15) is 5.26 Å². The number of nitriles is 1. The summed E-state index contributed by atoms with van der Waals surface area (Å²) in [5.41, 5.74) is -1.85. The third-order valence-electron chi connectivity index (χ3n) is 3.40. The molecule has 20 heavy (non-hydrogen) atoms. The van der Waals surface area contributed by atoms with Crippen LogP contribution in [-0.4, -0.2) is 11.0 Å². The number of aliphatic hydroxyl groups is 1. The number of fused-ring (bicyclic) bond motifs is 1. The van der Waals surface area contributed by atoms with Crippen molar-refractivity contribution >= 4 is 11.6 Å². The highest BCUT2D eigenvalue weighted by Crippen LogP contribution is 2.41. The average Bonchev–Trinajstić information content (AvgIpc) is 2.72. The lowest BCUT2D eigenvalue weighted by atomic mass is 9.86. The molecular weight excluding hydrogens is 259 g/mol. The van der Waals surface area contributed by atoms with Crippen molar-refractivity contribution in [3.8, 4) is 6.07 Å². The van der Waals surface area contributed by atoms with Crippen LogP contribution in [-0.2, 0) is 10.4 Å². The first-order valence-electron chi connectivity index (χ1n) is 5.91. The van der Waals surface area contributed by atoms with Crippen molar-refractivity contribution in [1.29, 1.82) is 5.26 Å². The Kier molecular flexibility index (Phi) is 2.56. The van der Waals surface area contributed by atoms with Crippen LogP contribution in [0.3, 0.4) is 0 Å². The fraction of sp³-hybridized carbons (Fsp3) is 0.0667. The van der Waals surface area contributed by atoms with Gasteiger partial charge in [0.1, 0.15) is 11.9 Å². The minimum atomic E-state index is -2.12. The van der Waals surface area contributed by atoms with Crippen molar-refractivity contribution in [2.75, 3.05) is 5.32 Å². The minimum absolute atomic E-state index is 0.215. The maximum absolute atomic E-state index is 14.3. The molecule has 1 unspecified atom stereocenters. The first kappa shape index (κ1) is 12.3. The van der Waals surface area contributed by atoms with Gasteiger partial charge in [0.15, 0.2) is 5.60 Å². The predicted octanol–water partition coefficient (Wildman–Crippen LogP) is 1.89. The van der Waals surface area contributed by atoms with Crippen molar-refractivity contribution in [3.63, 3.8) is 0 Å². The standard InChI is InChI=1S/C15H9FN2O2/c16-13-9(8-17)4-3-6-11(13)15(20)10-5-1-2-7-12(10)18-14(15)19/h1-7,20H,(H,18,19). The van der Waals surface area contributed by atoms with E-state index in [9.17, 15) is 14.3 Å². The number of carbonyl (C=O) groups is 1.